The quantitative estimate of drug-likeness (QED) is 0.581. The molecule has 0 aromatic carbocycles. The van der Waals surface area contributed by atoms with Gasteiger partial charge in [0.05, 0.1) is 11.8 Å². The Hall–Kier alpha value is -1.12. The van der Waals surface area contributed by atoms with Gasteiger partial charge in [0.2, 0.25) is 11.8 Å². The Morgan fingerprint density at radius 2 is 1.68 bits per heavy atom. The Balaban J connectivity index is 1.37. The molecule has 0 radical (unpaired) electrons. The number of rotatable bonds is 2. The van der Waals surface area contributed by atoms with Crippen LogP contribution in [0.15, 0.2) is 12.2 Å². The molecule has 6 aliphatic rings. The van der Waals surface area contributed by atoms with Crippen molar-refractivity contribution in [1.29, 1.82) is 0 Å². The van der Waals surface area contributed by atoms with Gasteiger partial charge in [-0.15, -0.1) is 0 Å². The van der Waals surface area contributed by atoms with Gasteiger partial charge in [-0.2, -0.15) is 0 Å². The molecule has 4 unspecified atom stereocenters. The maximum absolute atomic E-state index is 12.8. The highest BCUT2D eigenvalue weighted by atomic mass is 16.2. The van der Waals surface area contributed by atoms with Crippen molar-refractivity contribution in [3.05, 3.63) is 12.2 Å². The molecule has 0 aromatic rings. The molecule has 3 heteroatoms. The maximum atomic E-state index is 12.8. The average molecular weight is 299 g/mol. The van der Waals surface area contributed by atoms with E-state index in [0.29, 0.717) is 35.6 Å². The summed E-state index contributed by atoms with van der Waals surface area (Å²) in [5.41, 5.74) is 0.422. The van der Waals surface area contributed by atoms with Gasteiger partial charge in [0.1, 0.15) is 0 Å². The van der Waals surface area contributed by atoms with Crippen LogP contribution in [0.4, 0.5) is 0 Å². The summed E-state index contributed by atoms with van der Waals surface area (Å²) in [4.78, 5) is 27.3. The predicted octanol–water partition coefficient (Wildman–Crippen LogP) is 2.87. The Bertz CT molecular complexity index is 560. The lowest BCUT2D eigenvalue weighted by Crippen LogP contribution is -2.55. The molecule has 4 bridgehead atoms. The molecule has 7 atom stereocenters. The molecule has 0 spiro atoms. The molecule has 0 aromatic heterocycles. The first-order valence-electron chi connectivity index (χ1n) is 9.02. The van der Waals surface area contributed by atoms with Gasteiger partial charge < -0.3 is 0 Å². The topological polar surface area (TPSA) is 37.4 Å². The minimum absolute atomic E-state index is 0.0201. The van der Waals surface area contributed by atoms with Crippen molar-refractivity contribution in [3.8, 4) is 0 Å². The first-order valence-corrected chi connectivity index (χ1v) is 9.02. The van der Waals surface area contributed by atoms with E-state index in [-0.39, 0.29) is 23.7 Å². The third kappa shape index (κ3) is 1.43. The van der Waals surface area contributed by atoms with Crippen LogP contribution < -0.4 is 0 Å². The number of hydrogen-bond acceptors (Lipinski definition) is 2. The van der Waals surface area contributed by atoms with E-state index in [4.69, 9.17) is 0 Å². The number of allylic oxidation sites excluding steroid dienone is 2. The van der Waals surface area contributed by atoms with Crippen LogP contribution in [-0.4, -0.2) is 23.3 Å². The van der Waals surface area contributed by atoms with Crippen molar-refractivity contribution in [2.75, 3.05) is 6.54 Å². The Morgan fingerprint density at radius 1 is 1.05 bits per heavy atom. The summed E-state index contributed by atoms with van der Waals surface area (Å²) >= 11 is 0. The summed E-state index contributed by atoms with van der Waals surface area (Å²) in [5.74, 6) is 3.05. The van der Waals surface area contributed by atoms with Gasteiger partial charge in [-0.25, -0.2) is 0 Å². The highest BCUT2D eigenvalue weighted by Crippen LogP contribution is 2.62. The summed E-state index contributed by atoms with van der Waals surface area (Å²) in [6.07, 6.45) is 9.19. The van der Waals surface area contributed by atoms with Crippen molar-refractivity contribution in [3.63, 3.8) is 0 Å². The van der Waals surface area contributed by atoms with Crippen LogP contribution in [0.3, 0.4) is 0 Å². The fraction of sp³-hybridized carbons (Fsp3) is 0.789. The molecular weight excluding hydrogens is 274 g/mol. The number of fused-ring (bicyclic) bond motifs is 7. The fourth-order valence-electron chi connectivity index (χ4n) is 6.56. The van der Waals surface area contributed by atoms with Crippen LogP contribution in [0.5, 0.6) is 0 Å². The minimum atomic E-state index is -0.0201. The van der Waals surface area contributed by atoms with Gasteiger partial charge in [-0.3, -0.25) is 14.5 Å². The van der Waals surface area contributed by atoms with E-state index in [9.17, 15) is 9.59 Å². The molecule has 0 N–H and O–H groups in total. The smallest absolute Gasteiger partial charge is 0.233 e. The largest absolute Gasteiger partial charge is 0.282 e. The Labute approximate surface area is 132 Å². The second-order valence-corrected chi connectivity index (χ2v) is 8.98. The summed E-state index contributed by atoms with van der Waals surface area (Å²) in [6.45, 7) is 5.46. The molecule has 6 rings (SSSR count). The molecule has 5 fully saturated rings. The summed E-state index contributed by atoms with van der Waals surface area (Å²) in [5, 5.41) is 0. The summed E-state index contributed by atoms with van der Waals surface area (Å²) in [6, 6.07) is 0. The molecular formula is C19H25NO2. The van der Waals surface area contributed by atoms with Crippen molar-refractivity contribution >= 4 is 11.8 Å². The highest BCUT2D eigenvalue weighted by molar-refractivity contribution is 6.06. The van der Waals surface area contributed by atoms with Gasteiger partial charge in [0.15, 0.2) is 0 Å². The van der Waals surface area contributed by atoms with Gasteiger partial charge in [-0.1, -0.05) is 26.0 Å². The molecule has 3 nitrogen and oxygen atoms in total. The van der Waals surface area contributed by atoms with Crippen LogP contribution in [-0.2, 0) is 9.59 Å². The highest BCUT2D eigenvalue weighted by Gasteiger charge is 2.61. The number of imide groups is 1. The zero-order valence-corrected chi connectivity index (χ0v) is 13.5. The van der Waals surface area contributed by atoms with Crippen LogP contribution in [0.2, 0.25) is 0 Å². The summed E-state index contributed by atoms with van der Waals surface area (Å²) in [7, 11) is 0. The van der Waals surface area contributed by atoms with Crippen LogP contribution in [0.1, 0.15) is 39.5 Å². The number of carbonyl (C=O) groups is 2. The van der Waals surface area contributed by atoms with Gasteiger partial charge >= 0.3 is 0 Å². The second kappa shape index (κ2) is 4.04. The number of nitrogens with zero attached hydrogens (tertiary/aromatic N) is 1. The molecule has 5 aliphatic carbocycles. The monoisotopic (exact) mass is 299 g/mol. The number of likely N-dealkylation sites (tertiary alicyclic amines) is 1. The van der Waals surface area contributed by atoms with E-state index in [1.54, 1.807) is 4.90 Å². The van der Waals surface area contributed by atoms with Gasteiger partial charge in [0.25, 0.3) is 0 Å². The molecule has 118 valence electrons. The van der Waals surface area contributed by atoms with Gasteiger partial charge in [-0.05, 0) is 60.7 Å². The van der Waals surface area contributed by atoms with Crippen LogP contribution in [0, 0.1) is 46.8 Å². The average Bonchev–Trinajstić information content (AvgIpc) is 3.17. The normalized spacial score (nSPS) is 50.5. The lowest BCUT2D eigenvalue weighted by atomic mass is 9.45. The lowest BCUT2D eigenvalue weighted by Gasteiger charge is -2.60. The van der Waals surface area contributed by atoms with Gasteiger partial charge in [0, 0.05) is 6.54 Å². The van der Waals surface area contributed by atoms with E-state index in [2.05, 4.69) is 26.0 Å². The third-order valence-electron chi connectivity index (χ3n) is 7.98. The van der Waals surface area contributed by atoms with E-state index in [1.165, 1.54) is 19.3 Å². The van der Waals surface area contributed by atoms with Crippen molar-refractivity contribution < 1.29 is 9.59 Å². The first kappa shape index (κ1) is 13.3. The predicted molar refractivity (Wildman–Crippen MR) is 82.5 cm³/mol. The number of carbonyl (C=O) groups excluding carboxylic acids is 2. The summed E-state index contributed by atoms with van der Waals surface area (Å²) < 4.78 is 0. The van der Waals surface area contributed by atoms with Crippen molar-refractivity contribution in [2.45, 2.75) is 39.5 Å². The van der Waals surface area contributed by atoms with E-state index >= 15 is 0 Å². The van der Waals surface area contributed by atoms with E-state index < -0.39 is 0 Å². The molecule has 1 saturated heterocycles. The molecule has 4 saturated carbocycles. The number of amides is 2. The zero-order chi connectivity index (χ0) is 15.2. The third-order valence-corrected chi connectivity index (χ3v) is 7.98. The molecule has 2 amide bonds. The SMILES string of the molecule is CC1(C)[C@@H]2CC[C@H](CN3C(=O)C4C5C=CC(C5)C4C3=O)[C@H]1C2. The second-order valence-electron chi connectivity index (χ2n) is 8.98. The minimum Gasteiger partial charge on any atom is -0.282 e. The fourth-order valence-corrected chi connectivity index (χ4v) is 6.56. The van der Waals surface area contributed by atoms with E-state index in [1.807, 2.05) is 0 Å². The molecule has 1 heterocycles. The van der Waals surface area contributed by atoms with Crippen LogP contribution in [0.25, 0.3) is 0 Å². The Kier molecular flexibility index (Phi) is 2.45. The maximum Gasteiger partial charge on any atom is 0.233 e. The molecule has 1 aliphatic heterocycles. The van der Waals surface area contributed by atoms with Crippen molar-refractivity contribution in [1.82, 2.24) is 4.90 Å². The zero-order valence-electron chi connectivity index (χ0n) is 13.5. The standard InChI is InChI=1S/C19H25NO2/c1-19(2)13-6-5-12(14(19)8-13)9-20-17(21)15-10-3-4-11(7-10)16(15)18(20)22/h3-4,10-16H,5-9H2,1-2H3/t10?,11?,12-,13-,14-,15?,16?/m1/s1. The first-order chi connectivity index (χ1) is 10.5. The number of hydrogen-bond donors (Lipinski definition) is 0. The molecule has 22 heavy (non-hydrogen) atoms. The van der Waals surface area contributed by atoms with Crippen molar-refractivity contribution in [2.24, 2.45) is 46.8 Å². The van der Waals surface area contributed by atoms with Crippen LogP contribution >= 0.6 is 0 Å². The van der Waals surface area contributed by atoms with E-state index in [0.717, 1.165) is 12.3 Å². The lowest BCUT2D eigenvalue weighted by molar-refractivity contribution is -0.147. The Morgan fingerprint density at radius 3 is 2.23 bits per heavy atom.